The van der Waals surface area contributed by atoms with Crippen LogP contribution in [0.2, 0.25) is 5.02 Å². The fourth-order valence-corrected chi connectivity index (χ4v) is 4.01. The van der Waals surface area contributed by atoms with Gasteiger partial charge in [-0.05, 0) is 48.0 Å². The van der Waals surface area contributed by atoms with Crippen molar-refractivity contribution in [3.8, 4) is 0 Å². The highest BCUT2D eigenvalue weighted by Crippen LogP contribution is 2.49. The van der Waals surface area contributed by atoms with E-state index in [-0.39, 0.29) is 5.54 Å². The number of fused-ring (bicyclic) bond motifs is 1. The molecular formula is C17H20BrClN4. The Hall–Kier alpha value is -1.04. The van der Waals surface area contributed by atoms with Crippen LogP contribution in [0.5, 0.6) is 0 Å². The number of rotatable bonds is 3. The number of hydrogen-bond acceptors (Lipinski definition) is 3. The molecule has 1 fully saturated rings. The van der Waals surface area contributed by atoms with E-state index < -0.39 is 0 Å². The smallest absolute Gasteiger partial charge is 0.134 e. The van der Waals surface area contributed by atoms with E-state index in [0.29, 0.717) is 0 Å². The summed E-state index contributed by atoms with van der Waals surface area (Å²) in [5.74, 6) is 1.15. The van der Waals surface area contributed by atoms with Crippen LogP contribution in [-0.2, 0) is 25.6 Å². The Labute approximate surface area is 150 Å². The first kappa shape index (κ1) is 15.5. The highest BCUT2D eigenvalue weighted by atomic mass is 79.9. The van der Waals surface area contributed by atoms with E-state index in [0.717, 1.165) is 53.4 Å². The lowest BCUT2D eigenvalue weighted by molar-refractivity contribution is 0.305. The van der Waals surface area contributed by atoms with E-state index in [1.165, 1.54) is 11.4 Å². The topological polar surface area (TPSA) is 33.1 Å². The number of hydrogen-bond donors (Lipinski definition) is 1. The molecule has 0 amide bonds. The molecule has 4 nitrogen and oxygen atoms in total. The summed E-state index contributed by atoms with van der Waals surface area (Å²) in [6.07, 6.45) is 3.26. The third-order valence-corrected chi connectivity index (χ3v) is 6.25. The molecule has 0 saturated heterocycles. The van der Waals surface area contributed by atoms with Crippen LogP contribution in [0.3, 0.4) is 0 Å². The second-order valence-electron chi connectivity index (χ2n) is 6.68. The fourth-order valence-electron chi connectivity index (χ4n) is 3.47. The molecule has 4 rings (SSSR count). The summed E-state index contributed by atoms with van der Waals surface area (Å²) in [6.45, 7) is 2.04. The summed E-state index contributed by atoms with van der Waals surface area (Å²) in [4.78, 5) is 7.32. The second-order valence-corrected chi connectivity index (χ2v) is 7.92. The largest absolute Gasteiger partial charge is 0.371 e. The lowest BCUT2D eigenvalue weighted by Gasteiger charge is -2.22. The second kappa shape index (κ2) is 5.50. The fraction of sp³-hybridized carbons (Fsp3) is 0.471. The van der Waals surface area contributed by atoms with Crippen molar-refractivity contribution in [2.45, 2.75) is 31.3 Å². The van der Waals surface area contributed by atoms with Gasteiger partial charge in [0.25, 0.3) is 0 Å². The molecule has 1 aliphatic carbocycles. The molecule has 1 aromatic carbocycles. The van der Waals surface area contributed by atoms with E-state index in [4.69, 9.17) is 16.6 Å². The molecule has 1 aromatic heterocycles. The van der Waals surface area contributed by atoms with Crippen molar-refractivity contribution < 1.29 is 0 Å². The van der Waals surface area contributed by atoms with E-state index >= 15 is 0 Å². The van der Waals surface area contributed by atoms with Gasteiger partial charge >= 0.3 is 0 Å². The molecule has 1 aliphatic heterocycles. The van der Waals surface area contributed by atoms with Crippen molar-refractivity contribution in [3.05, 3.63) is 44.9 Å². The van der Waals surface area contributed by atoms with Crippen LogP contribution in [0.25, 0.3) is 0 Å². The van der Waals surface area contributed by atoms with Gasteiger partial charge in [0.2, 0.25) is 0 Å². The molecule has 23 heavy (non-hydrogen) atoms. The van der Waals surface area contributed by atoms with Crippen molar-refractivity contribution >= 4 is 33.2 Å². The van der Waals surface area contributed by atoms with Crippen molar-refractivity contribution in [1.82, 2.24) is 14.5 Å². The van der Waals surface area contributed by atoms with E-state index in [1.54, 1.807) is 0 Å². The SMILES string of the molecule is CN1CCc2c(nc(C3(Nc4cccc(Br)c4Cl)CC3)n2C)C1. The number of benzene rings is 1. The van der Waals surface area contributed by atoms with Crippen molar-refractivity contribution in [3.63, 3.8) is 0 Å². The molecule has 1 N–H and O–H groups in total. The van der Waals surface area contributed by atoms with Crippen LogP contribution in [-0.4, -0.2) is 28.0 Å². The van der Waals surface area contributed by atoms with Gasteiger partial charge in [0.15, 0.2) is 0 Å². The van der Waals surface area contributed by atoms with Crippen LogP contribution in [0.4, 0.5) is 5.69 Å². The molecule has 0 atom stereocenters. The summed E-state index contributed by atoms with van der Waals surface area (Å²) in [5.41, 5.74) is 3.50. The van der Waals surface area contributed by atoms with Gasteiger partial charge in [0, 0.05) is 36.7 Å². The highest BCUT2D eigenvalue weighted by molar-refractivity contribution is 9.10. The average molecular weight is 396 g/mol. The Kier molecular flexibility index (Phi) is 3.70. The van der Waals surface area contributed by atoms with Gasteiger partial charge in [0.05, 0.1) is 21.9 Å². The number of halogens is 2. The standard InChI is InChI=1S/C17H20BrClN4/c1-22-9-6-14-13(10-22)20-16(23(14)2)17(7-8-17)21-12-5-3-4-11(18)15(12)19/h3-5,21H,6-10H2,1-2H3. The third kappa shape index (κ3) is 2.59. The van der Waals surface area contributed by atoms with Gasteiger partial charge in [-0.1, -0.05) is 17.7 Å². The molecule has 0 bridgehead atoms. The number of nitrogens with zero attached hydrogens (tertiary/aromatic N) is 3. The summed E-state index contributed by atoms with van der Waals surface area (Å²) < 4.78 is 3.22. The zero-order valence-electron chi connectivity index (χ0n) is 13.4. The van der Waals surface area contributed by atoms with Gasteiger partial charge < -0.3 is 14.8 Å². The minimum Gasteiger partial charge on any atom is -0.371 e. The number of likely N-dealkylation sites (N-methyl/N-ethyl adjacent to an activating group) is 1. The Morgan fingerprint density at radius 1 is 1.30 bits per heavy atom. The Bertz CT molecular complexity index is 766. The molecule has 0 radical (unpaired) electrons. The first-order chi connectivity index (χ1) is 11.0. The van der Waals surface area contributed by atoms with Crippen molar-refractivity contribution in [2.24, 2.45) is 7.05 Å². The third-order valence-electron chi connectivity index (χ3n) is 4.95. The minimum absolute atomic E-state index is 0.0743. The maximum atomic E-state index is 6.43. The maximum absolute atomic E-state index is 6.43. The summed E-state index contributed by atoms with van der Waals surface area (Å²) in [7, 11) is 4.31. The molecular weight excluding hydrogens is 376 g/mol. The lowest BCUT2D eigenvalue weighted by atomic mass is 10.1. The minimum atomic E-state index is -0.0743. The van der Waals surface area contributed by atoms with Crippen LogP contribution in [0.1, 0.15) is 30.1 Å². The van der Waals surface area contributed by atoms with Gasteiger partial charge in [-0.25, -0.2) is 4.98 Å². The molecule has 2 aliphatic rings. The average Bonchev–Trinajstić information content (AvgIpc) is 3.22. The zero-order chi connectivity index (χ0) is 16.2. The molecule has 0 unspecified atom stereocenters. The Morgan fingerprint density at radius 2 is 2.09 bits per heavy atom. The van der Waals surface area contributed by atoms with Crippen molar-refractivity contribution in [2.75, 3.05) is 18.9 Å². The van der Waals surface area contributed by atoms with E-state index in [1.807, 2.05) is 18.2 Å². The number of aromatic nitrogens is 2. The van der Waals surface area contributed by atoms with Crippen molar-refractivity contribution in [1.29, 1.82) is 0 Å². The number of nitrogens with one attached hydrogen (secondary N) is 1. The molecule has 1 saturated carbocycles. The zero-order valence-corrected chi connectivity index (χ0v) is 15.7. The first-order valence-corrected chi connectivity index (χ1v) is 9.13. The van der Waals surface area contributed by atoms with Crippen LogP contribution < -0.4 is 5.32 Å². The molecule has 0 spiro atoms. The Morgan fingerprint density at radius 3 is 2.83 bits per heavy atom. The van der Waals surface area contributed by atoms with Gasteiger partial charge in [-0.2, -0.15) is 0 Å². The molecule has 2 heterocycles. The highest BCUT2D eigenvalue weighted by Gasteiger charge is 2.49. The molecule has 122 valence electrons. The summed E-state index contributed by atoms with van der Waals surface area (Å²) in [6, 6.07) is 6.00. The van der Waals surface area contributed by atoms with Gasteiger partial charge in [-0.3, -0.25) is 0 Å². The lowest BCUT2D eigenvalue weighted by Crippen LogP contribution is -2.27. The van der Waals surface area contributed by atoms with E-state index in [9.17, 15) is 0 Å². The number of imidazole rings is 1. The van der Waals surface area contributed by atoms with E-state index in [2.05, 4.69) is 44.8 Å². The van der Waals surface area contributed by atoms with Crippen LogP contribution in [0.15, 0.2) is 22.7 Å². The maximum Gasteiger partial charge on any atom is 0.134 e. The predicted octanol–water partition coefficient (Wildman–Crippen LogP) is 3.93. The van der Waals surface area contributed by atoms with Gasteiger partial charge in [-0.15, -0.1) is 0 Å². The molecule has 6 heteroatoms. The normalized spacial score (nSPS) is 19.5. The predicted molar refractivity (Wildman–Crippen MR) is 96.9 cm³/mol. The summed E-state index contributed by atoms with van der Waals surface area (Å²) in [5, 5.41) is 4.39. The number of anilines is 1. The van der Waals surface area contributed by atoms with Crippen LogP contribution in [0, 0.1) is 0 Å². The quantitative estimate of drug-likeness (QED) is 0.855. The Balaban J connectivity index is 1.69. The first-order valence-electron chi connectivity index (χ1n) is 7.96. The molecule has 2 aromatic rings. The van der Waals surface area contributed by atoms with Crippen LogP contribution >= 0.6 is 27.5 Å². The summed E-state index contributed by atoms with van der Waals surface area (Å²) >= 11 is 9.93. The monoisotopic (exact) mass is 394 g/mol. The van der Waals surface area contributed by atoms with Gasteiger partial charge in [0.1, 0.15) is 5.82 Å².